The Hall–Kier alpha value is -0.640. The van der Waals surface area contributed by atoms with Gasteiger partial charge in [0.1, 0.15) is 0 Å². The summed E-state index contributed by atoms with van der Waals surface area (Å²) in [5.74, 6) is 1.50. The minimum absolute atomic E-state index is 0.148. The molecule has 3 nitrogen and oxygen atoms in total. The molecule has 0 amide bonds. The Morgan fingerprint density at radius 2 is 1.72 bits per heavy atom. The summed E-state index contributed by atoms with van der Waals surface area (Å²) >= 11 is 0. The number of aliphatic hydroxyl groups excluding tert-OH is 2. The molecular weight excluding hydrogens is 312 g/mol. The van der Waals surface area contributed by atoms with E-state index in [1.54, 1.807) is 6.92 Å². The Kier molecular flexibility index (Phi) is 3.86. The van der Waals surface area contributed by atoms with E-state index >= 15 is 0 Å². The Morgan fingerprint density at radius 3 is 2.40 bits per heavy atom. The maximum atomic E-state index is 11.3. The molecule has 2 saturated carbocycles. The van der Waals surface area contributed by atoms with Gasteiger partial charge < -0.3 is 15.3 Å². The van der Waals surface area contributed by atoms with Crippen LogP contribution in [0.15, 0.2) is 23.3 Å². The molecular formula is C22H34O3. The van der Waals surface area contributed by atoms with Crippen molar-refractivity contribution in [2.75, 3.05) is 0 Å². The van der Waals surface area contributed by atoms with Gasteiger partial charge in [0, 0.05) is 5.41 Å². The summed E-state index contributed by atoms with van der Waals surface area (Å²) in [6.07, 6.45) is 9.26. The van der Waals surface area contributed by atoms with Crippen LogP contribution in [0.2, 0.25) is 0 Å². The number of hydrogen-bond donors (Lipinski definition) is 3. The maximum absolute atomic E-state index is 11.3. The van der Waals surface area contributed by atoms with Crippen molar-refractivity contribution in [2.24, 2.45) is 28.6 Å². The minimum atomic E-state index is -0.954. The number of fused-ring (bicyclic) bond motifs is 5. The fourth-order valence-electron chi connectivity index (χ4n) is 7.30. The molecule has 0 aliphatic heterocycles. The van der Waals surface area contributed by atoms with Gasteiger partial charge in [-0.15, -0.1) is 0 Å². The van der Waals surface area contributed by atoms with Crippen molar-refractivity contribution in [2.45, 2.75) is 84.0 Å². The SMILES string of the molecule is CC1=CC2C(CCC3(C)C2CCC3(O)C(C)O)C2(C)CCC(O)C=C12. The van der Waals surface area contributed by atoms with Crippen molar-refractivity contribution in [1.29, 1.82) is 0 Å². The van der Waals surface area contributed by atoms with E-state index in [0.717, 1.165) is 32.1 Å². The van der Waals surface area contributed by atoms with Crippen molar-refractivity contribution in [1.82, 2.24) is 0 Å². The lowest BCUT2D eigenvalue weighted by molar-refractivity contribution is -0.164. The van der Waals surface area contributed by atoms with Gasteiger partial charge in [0.25, 0.3) is 0 Å². The van der Waals surface area contributed by atoms with E-state index in [2.05, 4.69) is 32.9 Å². The van der Waals surface area contributed by atoms with E-state index in [1.807, 2.05) is 0 Å². The minimum Gasteiger partial charge on any atom is -0.390 e. The molecule has 3 heteroatoms. The van der Waals surface area contributed by atoms with Crippen LogP contribution in [0.5, 0.6) is 0 Å². The van der Waals surface area contributed by atoms with E-state index in [1.165, 1.54) is 11.1 Å². The molecule has 0 aromatic carbocycles. The summed E-state index contributed by atoms with van der Waals surface area (Å²) < 4.78 is 0. The van der Waals surface area contributed by atoms with Gasteiger partial charge in [-0.1, -0.05) is 31.6 Å². The van der Waals surface area contributed by atoms with Crippen molar-refractivity contribution >= 4 is 0 Å². The number of hydrogen-bond acceptors (Lipinski definition) is 3. The lowest BCUT2D eigenvalue weighted by Crippen LogP contribution is -2.57. The molecule has 8 unspecified atom stereocenters. The molecule has 0 aromatic heterocycles. The molecule has 2 fully saturated rings. The molecule has 0 aromatic rings. The van der Waals surface area contributed by atoms with Crippen LogP contribution in [0, 0.1) is 28.6 Å². The topological polar surface area (TPSA) is 60.7 Å². The van der Waals surface area contributed by atoms with Crippen LogP contribution in [0.4, 0.5) is 0 Å². The summed E-state index contributed by atoms with van der Waals surface area (Å²) in [6.45, 7) is 8.57. The monoisotopic (exact) mass is 346 g/mol. The normalized spacial score (nSPS) is 53.2. The van der Waals surface area contributed by atoms with Gasteiger partial charge in [-0.2, -0.15) is 0 Å². The molecule has 4 aliphatic carbocycles. The smallest absolute Gasteiger partial charge is 0.0958 e. The van der Waals surface area contributed by atoms with Crippen LogP contribution in [0.1, 0.15) is 66.2 Å². The summed E-state index contributed by atoms with van der Waals surface area (Å²) in [5.41, 5.74) is 1.67. The molecule has 4 aliphatic rings. The van der Waals surface area contributed by atoms with E-state index < -0.39 is 11.7 Å². The van der Waals surface area contributed by atoms with Gasteiger partial charge >= 0.3 is 0 Å². The van der Waals surface area contributed by atoms with Crippen LogP contribution < -0.4 is 0 Å². The van der Waals surface area contributed by atoms with Crippen molar-refractivity contribution < 1.29 is 15.3 Å². The largest absolute Gasteiger partial charge is 0.390 e. The highest BCUT2D eigenvalue weighted by atomic mass is 16.3. The Balaban J connectivity index is 1.77. The summed E-state index contributed by atoms with van der Waals surface area (Å²) in [4.78, 5) is 0. The average molecular weight is 347 g/mol. The van der Waals surface area contributed by atoms with Gasteiger partial charge in [-0.05, 0) is 81.1 Å². The first-order valence-electron chi connectivity index (χ1n) is 10.1. The molecule has 0 heterocycles. The molecule has 4 rings (SSSR count). The zero-order valence-electron chi connectivity index (χ0n) is 16.1. The molecule has 3 N–H and O–H groups in total. The van der Waals surface area contributed by atoms with Crippen molar-refractivity contribution in [3.63, 3.8) is 0 Å². The van der Waals surface area contributed by atoms with E-state index in [9.17, 15) is 15.3 Å². The van der Waals surface area contributed by atoms with Gasteiger partial charge in [0.2, 0.25) is 0 Å². The predicted octanol–water partition coefficient (Wildman–Crippen LogP) is 3.59. The zero-order valence-corrected chi connectivity index (χ0v) is 16.1. The summed E-state index contributed by atoms with van der Waals surface area (Å²) in [5, 5.41) is 31.8. The van der Waals surface area contributed by atoms with Crippen LogP contribution in [0.3, 0.4) is 0 Å². The molecule has 25 heavy (non-hydrogen) atoms. The highest BCUT2D eigenvalue weighted by molar-refractivity contribution is 5.43. The van der Waals surface area contributed by atoms with Gasteiger partial charge in [-0.3, -0.25) is 0 Å². The van der Waals surface area contributed by atoms with E-state index in [-0.39, 0.29) is 16.9 Å². The summed E-state index contributed by atoms with van der Waals surface area (Å²) in [7, 11) is 0. The second-order valence-electron chi connectivity index (χ2n) is 9.84. The second kappa shape index (κ2) is 5.43. The first-order chi connectivity index (χ1) is 11.6. The molecule has 0 saturated heterocycles. The fraction of sp³-hybridized carbons (Fsp3) is 0.818. The predicted molar refractivity (Wildman–Crippen MR) is 98.9 cm³/mol. The third-order valence-electron chi connectivity index (χ3n) is 8.86. The fourth-order valence-corrected chi connectivity index (χ4v) is 7.30. The van der Waals surface area contributed by atoms with Crippen molar-refractivity contribution in [3.05, 3.63) is 23.3 Å². The van der Waals surface area contributed by atoms with Gasteiger partial charge in [0.15, 0.2) is 0 Å². The molecule has 0 bridgehead atoms. The lowest BCUT2D eigenvalue weighted by Gasteiger charge is -2.58. The Bertz CT molecular complexity index is 635. The zero-order chi connectivity index (χ0) is 18.2. The number of aliphatic hydroxyl groups is 3. The van der Waals surface area contributed by atoms with Gasteiger partial charge in [0.05, 0.1) is 17.8 Å². The van der Waals surface area contributed by atoms with E-state index in [0.29, 0.717) is 24.2 Å². The number of rotatable bonds is 1. The lowest BCUT2D eigenvalue weighted by atomic mass is 9.47. The molecule has 140 valence electrons. The maximum Gasteiger partial charge on any atom is 0.0958 e. The summed E-state index contributed by atoms with van der Waals surface area (Å²) in [6, 6.07) is 0. The average Bonchev–Trinajstić information content (AvgIpc) is 2.83. The second-order valence-corrected chi connectivity index (χ2v) is 9.84. The highest BCUT2D eigenvalue weighted by Gasteiger charge is 2.64. The molecule has 8 atom stereocenters. The van der Waals surface area contributed by atoms with Crippen LogP contribution >= 0.6 is 0 Å². The quantitative estimate of drug-likeness (QED) is 0.680. The third-order valence-corrected chi connectivity index (χ3v) is 8.86. The highest BCUT2D eigenvalue weighted by Crippen LogP contribution is 2.67. The third kappa shape index (κ3) is 2.15. The molecule has 0 spiro atoms. The number of allylic oxidation sites excluding steroid dienone is 3. The first kappa shape index (κ1) is 17.8. The van der Waals surface area contributed by atoms with Crippen LogP contribution in [-0.2, 0) is 0 Å². The Labute approximate surface area is 151 Å². The van der Waals surface area contributed by atoms with Crippen LogP contribution in [0.25, 0.3) is 0 Å². The van der Waals surface area contributed by atoms with Gasteiger partial charge in [-0.25, -0.2) is 0 Å². The first-order valence-corrected chi connectivity index (χ1v) is 10.1. The van der Waals surface area contributed by atoms with E-state index in [4.69, 9.17) is 0 Å². The standard InChI is InChI=1S/C22H34O3/c1-13-11-16-17(20(3)8-5-15(24)12-19(13)20)6-9-21(4)18(16)7-10-22(21,25)14(2)23/h11-12,14-18,23-25H,5-10H2,1-4H3. The Morgan fingerprint density at radius 1 is 1.04 bits per heavy atom. The van der Waals surface area contributed by atoms with Crippen molar-refractivity contribution in [3.8, 4) is 0 Å². The van der Waals surface area contributed by atoms with Crippen LogP contribution in [-0.4, -0.2) is 33.1 Å². The molecule has 0 radical (unpaired) electrons.